The molecule has 0 spiro atoms. The third-order valence-corrected chi connectivity index (χ3v) is 3.25. The number of nitrogens with zero attached hydrogens (tertiary/aromatic N) is 2. The van der Waals surface area contributed by atoms with E-state index in [1.807, 2.05) is 18.5 Å². The van der Waals surface area contributed by atoms with Gasteiger partial charge < -0.3 is 0 Å². The lowest BCUT2D eigenvalue weighted by Crippen LogP contribution is -2.38. The number of aromatic nitrogens is 2. The first-order valence-corrected chi connectivity index (χ1v) is 6.12. The van der Waals surface area contributed by atoms with Crippen LogP contribution in [0.2, 0.25) is 0 Å². The van der Waals surface area contributed by atoms with E-state index < -0.39 is 0 Å². The van der Waals surface area contributed by atoms with Crippen molar-refractivity contribution in [2.24, 2.45) is 11.8 Å². The standard InChI is InChI=1S/C12H22N4O/c1-5-10-7-11(6-2)16(15-10)9(4)8(3)12(17)14-13/h7-9H,5-6,13H2,1-4H3,(H,14,17). The van der Waals surface area contributed by atoms with Crippen LogP contribution in [0.3, 0.4) is 0 Å². The topological polar surface area (TPSA) is 72.9 Å². The molecule has 0 radical (unpaired) electrons. The summed E-state index contributed by atoms with van der Waals surface area (Å²) in [6.45, 7) is 8.02. The predicted molar refractivity (Wildman–Crippen MR) is 67.2 cm³/mol. The van der Waals surface area contributed by atoms with Crippen LogP contribution in [0.4, 0.5) is 0 Å². The van der Waals surface area contributed by atoms with Gasteiger partial charge in [-0.3, -0.25) is 14.9 Å². The van der Waals surface area contributed by atoms with Gasteiger partial charge >= 0.3 is 0 Å². The molecule has 0 aromatic carbocycles. The second kappa shape index (κ2) is 5.82. The first-order chi connectivity index (χ1) is 8.04. The molecular weight excluding hydrogens is 216 g/mol. The molecule has 0 aliphatic carbocycles. The van der Waals surface area contributed by atoms with Gasteiger partial charge in [-0.15, -0.1) is 0 Å². The summed E-state index contributed by atoms with van der Waals surface area (Å²) < 4.78 is 1.94. The number of rotatable bonds is 5. The van der Waals surface area contributed by atoms with Gasteiger partial charge in [0.05, 0.1) is 17.7 Å². The molecule has 1 aromatic rings. The van der Waals surface area contributed by atoms with Crippen LogP contribution in [-0.4, -0.2) is 15.7 Å². The summed E-state index contributed by atoms with van der Waals surface area (Å²) in [5.74, 6) is 4.80. The highest BCUT2D eigenvalue weighted by Crippen LogP contribution is 2.20. The molecule has 17 heavy (non-hydrogen) atoms. The Bertz CT molecular complexity index is 386. The fourth-order valence-corrected chi connectivity index (χ4v) is 1.84. The number of carbonyl (C=O) groups excluding carboxylic acids is 1. The van der Waals surface area contributed by atoms with Crippen LogP contribution in [0.5, 0.6) is 0 Å². The molecule has 1 amide bonds. The summed E-state index contributed by atoms with van der Waals surface area (Å²) >= 11 is 0. The van der Waals surface area contributed by atoms with E-state index >= 15 is 0 Å². The van der Waals surface area contributed by atoms with Gasteiger partial charge in [-0.05, 0) is 25.8 Å². The number of nitrogens with two attached hydrogens (primary N) is 1. The minimum Gasteiger partial charge on any atom is -0.294 e. The molecule has 0 bridgehead atoms. The molecule has 0 saturated heterocycles. The monoisotopic (exact) mass is 238 g/mol. The zero-order chi connectivity index (χ0) is 13.0. The van der Waals surface area contributed by atoms with Crippen LogP contribution in [0.1, 0.15) is 45.1 Å². The van der Waals surface area contributed by atoms with E-state index in [2.05, 4.69) is 30.4 Å². The minimum atomic E-state index is -0.199. The average molecular weight is 238 g/mol. The van der Waals surface area contributed by atoms with Gasteiger partial charge in [0.15, 0.2) is 0 Å². The van der Waals surface area contributed by atoms with Gasteiger partial charge in [-0.1, -0.05) is 20.8 Å². The SMILES string of the molecule is CCc1cc(CC)n(C(C)C(C)C(=O)NN)n1. The maximum atomic E-state index is 11.5. The Morgan fingerprint density at radius 3 is 2.59 bits per heavy atom. The number of hydrogen-bond acceptors (Lipinski definition) is 3. The van der Waals surface area contributed by atoms with Crippen LogP contribution in [-0.2, 0) is 17.6 Å². The lowest BCUT2D eigenvalue weighted by atomic mass is 10.0. The van der Waals surface area contributed by atoms with Crippen molar-refractivity contribution in [3.8, 4) is 0 Å². The Kier molecular flexibility index (Phi) is 4.69. The predicted octanol–water partition coefficient (Wildman–Crippen LogP) is 1.19. The van der Waals surface area contributed by atoms with Crippen LogP contribution in [0.25, 0.3) is 0 Å². The Labute approximate surface area is 102 Å². The first kappa shape index (κ1) is 13.7. The molecule has 1 aromatic heterocycles. The number of hydrazine groups is 1. The van der Waals surface area contributed by atoms with Crippen LogP contribution in [0.15, 0.2) is 6.07 Å². The molecular formula is C12H22N4O. The van der Waals surface area contributed by atoms with E-state index in [-0.39, 0.29) is 17.9 Å². The maximum Gasteiger partial charge on any atom is 0.238 e. The lowest BCUT2D eigenvalue weighted by Gasteiger charge is -2.20. The number of nitrogens with one attached hydrogen (secondary N) is 1. The summed E-state index contributed by atoms with van der Waals surface area (Å²) in [5, 5.41) is 4.53. The van der Waals surface area contributed by atoms with Crippen molar-refractivity contribution in [3.63, 3.8) is 0 Å². The van der Waals surface area contributed by atoms with Gasteiger partial charge in [0.1, 0.15) is 0 Å². The van der Waals surface area contributed by atoms with Crippen molar-refractivity contribution < 1.29 is 4.79 Å². The number of amides is 1. The second-order valence-electron chi connectivity index (χ2n) is 4.32. The van der Waals surface area contributed by atoms with Crippen LogP contribution in [0, 0.1) is 5.92 Å². The molecule has 96 valence electrons. The number of hydrogen-bond donors (Lipinski definition) is 2. The molecule has 0 aliphatic rings. The number of aryl methyl sites for hydroxylation is 2. The highest BCUT2D eigenvalue weighted by molar-refractivity contribution is 5.78. The van der Waals surface area contributed by atoms with Gasteiger partial charge in [0.2, 0.25) is 5.91 Å². The minimum absolute atomic E-state index is 0.00815. The Hall–Kier alpha value is -1.36. The quantitative estimate of drug-likeness (QED) is 0.460. The summed E-state index contributed by atoms with van der Waals surface area (Å²) in [6, 6.07) is 2.11. The third-order valence-electron chi connectivity index (χ3n) is 3.25. The summed E-state index contributed by atoms with van der Waals surface area (Å²) in [5.41, 5.74) is 4.42. The van der Waals surface area contributed by atoms with Gasteiger partial charge in [-0.25, -0.2) is 5.84 Å². The Balaban J connectivity index is 2.97. The molecule has 2 unspecified atom stereocenters. The second-order valence-corrected chi connectivity index (χ2v) is 4.32. The Morgan fingerprint density at radius 1 is 1.47 bits per heavy atom. The van der Waals surface area contributed by atoms with Crippen molar-refractivity contribution in [2.75, 3.05) is 0 Å². The summed E-state index contributed by atoms with van der Waals surface area (Å²) in [6.07, 6.45) is 1.82. The normalized spacial score (nSPS) is 14.4. The molecule has 1 heterocycles. The summed E-state index contributed by atoms with van der Waals surface area (Å²) in [4.78, 5) is 11.5. The van der Waals surface area contributed by atoms with Crippen molar-refractivity contribution >= 4 is 5.91 Å². The molecule has 3 N–H and O–H groups in total. The van der Waals surface area contributed by atoms with E-state index in [0.29, 0.717) is 0 Å². The molecule has 2 atom stereocenters. The van der Waals surface area contributed by atoms with Gasteiger partial charge in [0, 0.05) is 5.69 Å². The van der Waals surface area contributed by atoms with Crippen LogP contribution >= 0.6 is 0 Å². The van der Waals surface area contributed by atoms with Crippen molar-refractivity contribution in [3.05, 3.63) is 17.5 Å². The molecule has 5 heteroatoms. The van der Waals surface area contributed by atoms with E-state index in [1.54, 1.807) is 0 Å². The summed E-state index contributed by atoms with van der Waals surface area (Å²) in [7, 11) is 0. The highest BCUT2D eigenvalue weighted by atomic mass is 16.2. The number of carbonyl (C=O) groups is 1. The van der Waals surface area contributed by atoms with Gasteiger partial charge in [-0.2, -0.15) is 5.10 Å². The maximum absolute atomic E-state index is 11.5. The fraction of sp³-hybridized carbons (Fsp3) is 0.667. The van der Waals surface area contributed by atoms with Crippen molar-refractivity contribution in [1.82, 2.24) is 15.2 Å². The molecule has 0 fully saturated rings. The van der Waals surface area contributed by atoms with Gasteiger partial charge in [0.25, 0.3) is 0 Å². The average Bonchev–Trinajstić information content (AvgIpc) is 2.79. The fourth-order valence-electron chi connectivity index (χ4n) is 1.84. The third kappa shape index (κ3) is 2.85. The smallest absolute Gasteiger partial charge is 0.238 e. The van der Waals surface area contributed by atoms with Crippen LogP contribution < -0.4 is 11.3 Å². The largest absolute Gasteiger partial charge is 0.294 e. The molecule has 0 saturated carbocycles. The first-order valence-electron chi connectivity index (χ1n) is 6.12. The Morgan fingerprint density at radius 2 is 2.12 bits per heavy atom. The molecule has 0 aliphatic heterocycles. The van der Waals surface area contributed by atoms with E-state index in [4.69, 9.17) is 5.84 Å². The van der Waals surface area contributed by atoms with E-state index in [0.717, 1.165) is 24.2 Å². The molecule has 1 rings (SSSR count). The molecule has 5 nitrogen and oxygen atoms in total. The zero-order valence-electron chi connectivity index (χ0n) is 11.0. The van der Waals surface area contributed by atoms with Crippen molar-refractivity contribution in [2.45, 2.75) is 46.6 Å². The highest BCUT2D eigenvalue weighted by Gasteiger charge is 2.23. The van der Waals surface area contributed by atoms with E-state index in [1.165, 1.54) is 0 Å². The lowest BCUT2D eigenvalue weighted by molar-refractivity contribution is -0.125. The van der Waals surface area contributed by atoms with E-state index in [9.17, 15) is 4.79 Å². The zero-order valence-corrected chi connectivity index (χ0v) is 11.0. The van der Waals surface area contributed by atoms with Crippen molar-refractivity contribution in [1.29, 1.82) is 0 Å².